The summed E-state index contributed by atoms with van der Waals surface area (Å²) in [5.41, 5.74) is 4.61. The Bertz CT molecular complexity index is 1440. The first-order valence-electron chi connectivity index (χ1n) is 12.0. The summed E-state index contributed by atoms with van der Waals surface area (Å²) in [4.78, 5) is 19.8. The largest absolute Gasteiger partial charge is 0.503 e. The second kappa shape index (κ2) is 9.66. The van der Waals surface area contributed by atoms with Gasteiger partial charge >= 0.3 is 0 Å². The minimum Gasteiger partial charge on any atom is -0.503 e. The summed E-state index contributed by atoms with van der Waals surface area (Å²) in [7, 11) is 4.06. The molecular weight excluding hydrogens is 460 g/mol. The van der Waals surface area contributed by atoms with E-state index in [4.69, 9.17) is 0 Å². The molecule has 3 aromatic carbocycles. The van der Waals surface area contributed by atoms with Crippen LogP contribution in [0.25, 0.3) is 22.0 Å². The van der Waals surface area contributed by atoms with E-state index >= 15 is 0 Å². The second-order valence-corrected chi connectivity index (χ2v) is 9.58. The lowest BCUT2D eigenvalue weighted by Gasteiger charge is -2.16. The number of likely N-dealkylation sites (N-methyl/N-ethyl adjacent to an activating group) is 1. The lowest BCUT2D eigenvalue weighted by atomic mass is 9.98. The van der Waals surface area contributed by atoms with Gasteiger partial charge in [0.25, 0.3) is 0 Å². The maximum atomic E-state index is 14.1. The normalized spacial score (nSPS) is 13.4. The number of nitrogens with one attached hydrogen (secondary N) is 1. The maximum Gasteiger partial charge on any atom is 0.187 e. The molecule has 0 bridgehead atoms. The van der Waals surface area contributed by atoms with Crippen molar-refractivity contribution in [3.63, 3.8) is 0 Å². The Morgan fingerprint density at radius 3 is 2.50 bits per heavy atom. The quantitative estimate of drug-likeness (QED) is 0.285. The molecule has 1 aromatic heterocycles. The fourth-order valence-corrected chi connectivity index (χ4v) is 4.29. The predicted octanol–water partition coefficient (Wildman–Crippen LogP) is 6.33. The van der Waals surface area contributed by atoms with Gasteiger partial charge in [0.05, 0.1) is 16.8 Å². The SMILES string of the molecule is CN(C)CCc1cccc(Nc2c(C(=O)C3CC3)cnc3ccc(-c4cc(F)c(O)c(F)c4)cc23)c1. The van der Waals surface area contributed by atoms with Crippen LogP contribution in [-0.2, 0) is 6.42 Å². The average Bonchev–Trinajstić information content (AvgIpc) is 3.71. The lowest BCUT2D eigenvalue weighted by Crippen LogP contribution is -2.15. The topological polar surface area (TPSA) is 65.5 Å². The van der Waals surface area contributed by atoms with E-state index in [9.17, 15) is 18.7 Å². The number of aromatic nitrogens is 1. The Morgan fingerprint density at radius 1 is 1.06 bits per heavy atom. The van der Waals surface area contributed by atoms with E-state index in [0.29, 0.717) is 27.7 Å². The first-order chi connectivity index (χ1) is 17.3. The van der Waals surface area contributed by atoms with Crippen molar-refractivity contribution < 1.29 is 18.7 Å². The van der Waals surface area contributed by atoms with E-state index in [0.717, 1.165) is 49.2 Å². The number of benzene rings is 3. The maximum absolute atomic E-state index is 14.1. The molecule has 5 rings (SSSR count). The van der Waals surface area contributed by atoms with Crippen LogP contribution in [0.5, 0.6) is 5.75 Å². The van der Waals surface area contributed by atoms with E-state index in [1.165, 1.54) is 0 Å². The van der Waals surface area contributed by atoms with Gasteiger partial charge in [-0.05, 0) is 86.4 Å². The van der Waals surface area contributed by atoms with Crippen molar-refractivity contribution in [1.29, 1.82) is 0 Å². The van der Waals surface area contributed by atoms with E-state index in [-0.39, 0.29) is 17.3 Å². The molecule has 0 atom stereocenters. The van der Waals surface area contributed by atoms with Crippen LogP contribution in [0.2, 0.25) is 0 Å². The highest BCUT2D eigenvalue weighted by Gasteiger charge is 2.32. The predicted molar refractivity (Wildman–Crippen MR) is 138 cm³/mol. The van der Waals surface area contributed by atoms with Crippen molar-refractivity contribution in [2.24, 2.45) is 5.92 Å². The van der Waals surface area contributed by atoms with Gasteiger partial charge in [-0.3, -0.25) is 9.78 Å². The molecule has 0 unspecified atom stereocenters. The number of phenolic OH excluding ortho intramolecular Hbond substituents is 1. The summed E-state index contributed by atoms with van der Waals surface area (Å²) in [6.07, 6.45) is 4.22. The summed E-state index contributed by atoms with van der Waals surface area (Å²) in [5, 5.41) is 13.6. The van der Waals surface area contributed by atoms with Crippen LogP contribution in [-0.4, -0.2) is 41.4 Å². The van der Waals surface area contributed by atoms with Crippen LogP contribution in [0.15, 0.2) is 60.8 Å². The molecule has 36 heavy (non-hydrogen) atoms. The Kier molecular flexibility index (Phi) is 6.41. The number of carbonyl (C=O) groups excluding carboxylic acids is 1. The number of nitrogens with zero attached hydrogens (tertiary/aromatic N) is 2. The number of rotatable bonds is 8. The van der Waals surface area contributed by atoms with Crippen LogP contribution in [0.4, 0.5) is 20.2 Å². The number of hydrogen-bond donors (Lipinski definition) is 2. The highest BCUT2D eigenvalue weighted by atomic mass is 19.1. The van der Waals surface area contributed by atoms with E-state index in [1.807, 2.05) is 26.2 Å². The Labute approximate surface area is 208 Å². The number of phenols is 1. The molecule has 0 amide bonds. The van der Waals surface area contributed by atoms with Gasteiger partial charge in [-0.1, -0.05) is 18.2 Å². The number of fused-ring (bicyclic) bond motifs is 1. The molecule has 0 spiro atoms. The molecule has 1 saturated carbocycles. The summed E-state index contributed by atoms with van der Waals surface area (Å²) >= 11 is 0. The van der Waals surface area contributed by atoms with Gasteiger partial charge < -0.3 is 15.3 Å². The summed E-state index contributed by atoms with van der Waals surface area (Å²) < 4.78 is 28.1. The standard InChI is InChI=1S/C29H27F2N3O2/c1-34(2)11-10-17-4-3-5-21(12-17)33-27-22-13-19(20-14-24(30)29(36)25(31)15-20)8-9-26(22)32-16-23(27)28(35)18-6-7-18/h3-5,8-9,12-16,18,36H,6-7,10-11H2,1-2H3,(H,32,33). The Hall–Kier alpha value is -3.84. The number of pyridine rings is 1. The number of ketones is 1. The number of carbonyl (C=O) groups is 1. The van der Waals surface area contributed by atoms with Gasteiger partial charge in [-0.2, -0.15) is 0 Å². The number of hydrogen-bond acceptors (Lipinski definition) is 5. The van der Waals surface area contributed by atoms with Crippen LogP contribution in [0.3, 0.4) is 0 Å². The first kappa shape index (κ1) is 23.9. The monoisotopic (exact) mass is 487 g/mol. The van der Waals surface area contributed by atoms with Gasteiger partial charge in [0.1, 0.15) is 0 Å². The molecule has 0 radical (unpaired) electrons. The van der Waals surface area contributed by atoms with Crippen LogP contribution < -0.4 is 5.32 Å². The smallest absolute Gasteiger partial charge is 0.187 e. The Balaban J connectivity index is 1.61. The third-order valence-electron chi connectivity index (χ3n) is 6.48. The summed E-state index contributed by atoms with van der Waals surface area (Å²) in [6, 6.07) is 15.5. The zero-order valence-electron chi connectivity index (χ0n) is 20.2. The van der Waals surface area contributed by atoms with E-state index < -0.39 is 17.4 Å². The van der Waals surface area contributed by atoms with Crippen molar-refractivity contribution in [3.05, 3.63) is 83.6 Å². The minimum absolute atomic E-state index is 0.000279. The van der Waals surface area contributed by atoms with Crippen LogP contribution >= 0.6 is 0 Å². The molecule has 1 heterocycles. The van der Waals surface area contributed by atoms with E-state index in [2.05, 4.69) is 27.3 Å². The molecule has 5 nitrogen and oxygen atoms in total. The zero-order chi connectivity index (χ0) is 25.4. The minimum atomic E-state index is -1.03. The molecule has 1 aliphatic carbocycles. The second-order valence-electron chi connectivity index (χ2n) is 9.58. The van der Waals surface area contributed by atoms with E-state index in [1.54, 1.807) is 24.4 Å². The van der Waals surface area contributed by atoms with Gasteiger partial charge in [0, 0.05) is 29.7 Å². The number of Topliss-reactive ketones (excluding diaryl/α,β-unsaturated/α-hetero) is 1. The van der Waals surface area contributed by atoms with Crippen molar-refractivity contribution in [3.8, 4) is 16.9 Å². The Morgan fingerprint density at radius 2 is 1.81 bits per heavy atom. The highest BCUT2D eigenvalue weighted by Crippen LogP contribution is 2.39. The first-order valence-corrected chi connectivity index (χ1v) is 12.0. The summed E-state index contributed by atoms with van der Waals surface area (Å²) in [6.45, 7) is 0.913. The fraction of sp³-hybridized carbons (Fsp3) is 0.241. The molecule has 7 heteroatoms. The summed E-state index contributed by atoms with van der Waals surface area (Å²) in [5.74, 6) is -3.03. The van der Waals surface area contributed by atoms with Crippen molar-refractivity contribution >= 4 is 28.1 Å². The zero-order valence-corrected chi connectivity index (χ0v) is 20.2. The molecule has 1 fully saturated rings. The van der Waals surface area contributed by atoms with Crippen LogP contribution in [0, 0.1) is 17.6 Å². The highest BCUT2D eigenvalue weighted by molar-refractivity contribution is 6.11. The third-order valence-corrected chi connectivity index (χ3v) is 6.48. The third kappa shape index (κ3) is 4.93. The number of aromatic hydroxyl groups is 1. The van der Waals surface area contributed by atoms with Gasteiger partial charge in [-0.15, -0.1) is 0 Å². The van der Waals surface area contributed by atoms with Crippen molar-refractivity contribution in [2.45, 2.75) is 19.3 Å². The number of anilines is 2. The molecular formula is C29H27F2N3O2. The number of halogens is 2. The van der Waals surface area contributed by atoms with Crippen LogP contribution in [0.1, 0.15) is 28.8 Å². The lowest BCUT2D eigenvalue weighted by molar-refractivity contribution is 0.0968. The van der Waals surface area contributed by atoms with Gasteiger partial charge in [0.15, 0.2) is 23.2 Å². The average molecular weight is 488 g/mol. The molecule has 4 aromatic rings. The molecule has 184 valence electrons. The van der Waals surface area contributed by atoms with Crippen molar-refractivity contribution in [2.75, 3.05) is 26.0 Å². The fourth-order valence-electron chi connectivity index (χ4n) is 4.29. The molecule has 0 aliphatic heterocycles. The van der Waals surface area contributed by atoms with Gasteiger partial charge in [0.2, 0.25) is 0 Å². The molecule has 1 aliphatic rings. The van der Waals surface area contributed by atoms with Gasteiger partial charge in [-0.25, -0.2) is 8.78 Å². The van der Waals surface area contributed by atoms with Crippen molar-refractivity contribution in [1.82, 2.24) is 9.88 Å². The molecule has 2 N–H and O–H groups in total. The molecule has 0 saturated heterocycles.